The van der Waals surface area contributed by atoms with Crippen LogP contribution in [0.5, 0.6) is 5.75 Å². The van der Waals surface area contributed by atoms with E-state index in [2.05, 4.69) is 5.32 Å². The van der Waals surface area contributed by atoms with E-state index < -0.39 is 51.8 Å². The van der Waals surface area contributed by atoms with E-state index in [1.165, 1.54) is 12.1 Å². The maximum absolute atomic E-state index is 13.5. The van der Waals surface area contributed by atoms with Crippen molar-refractivity contribution in [1.29, 1.82) is 0 Å². The fourth-order valence-corrected chi connectivity index (χ4v) is 6.22. The molecule has 2 aromatic rings. The minimum Gasteiger partial charge on any atom is -0.479 e. The van der Waals surface area contributed by atoms with E-state index in [4.69, 9.17) is 9.47 Å². The largest absolute Gasteiger partial charge is 0.479 e. The van der Waals surface area contributed by atoms with Crippen LogP contribution < -0.4 is 10.1 Å². The van der Waals surface area contributed by atoms with Crippen molar-refractivity contribution in [2.45, 2.75) is 60.2 Å². The third-order valence-corrected chi connectivity index (χ3v) is 8.59. The lowest BCUT2D eigenvalue weighted by Crippen LogP contribution is -2.61. The van der Waals surface area contributed by atoms with Crippen LogP contribution in [0, 0.1) is 0 Å². The van der Waals surface area contributed by atoms with Gasteiger partial charge in [-0.3, -0.25) is 0 Å². The highest BCUT2D eigenvalue weighted by Gasteiger charge is 2.48. The molecule has 5 N–H and O–H groups in total. The third kappa shape index (κ3) is 4.42. The fraction of sp³-hybridized carbons (Fsp3) is 0.435. The van der Waals surface area contributed by atoms with Crippen LogP contribution in [-0.2, 0) is 19.4 Å². The topological polar surface area (TPSA) is 163 Å². The Labute approximate surface area is 196 Å². The third-order valence-electron chi connectivity index (χ3n) is 6.24. The van der Waals surface area contributed by atoms with Gasteiger partial charge in [-0.25, -0.2) is 13.2 Å². The molecule has 0 saturated carbocycles. The lowest BCUT2D eigenvalue weighted by molar-refractivity contribution is -0.271. The smallest absolute Gasteiger partial charge is 0.335 e. The molecular formula is C23H27NO9S. The Hall–Kier alpha value is -2.54. The van der Waals surface area contributed by atoms with Crippen LogP contribution in [-0.4, -0.2) is 77.3 Å². The van der Waals surface area contributed by atoms with Crippen LogP contribution >= 0.6 is 0 Å². The van der Waals surface area contributed by atoms with Gasteiger partial charge in [-0.05, 0) is 29.7 Å². The molecule has 2 heterocycles. The van der Waals surface area contributed by atoms with Crippen LogP contribution in [0.1, 0.15) is 30.5 Å². The Kier molecular flexibility index (Phi) is 6.94. The van der Waals surface area contributed by atoms with Gasteiger partial charge in [0.05, 0.1) is 16.2 Å². The Morgan fingerprint density at radius 1 is 1.09 bits per heavy atom. The van der Waals surface area contributed by atoms with Gasteiger partial charge in [0.15, 0.2) is 15.9 Å². The van der Waals surface area contributed by atoms with Crippen LogP contribution in [0.4, 0.5) is 0 Å². The molecule has 1 fully saturated rings. The molecule has 1 saturated heterocycles. The van der Waals surface area contributed by atoms with Gasteiger partial charge in [-0.1, -0.05) is 43.3 Å². The lowest BCUT2D eigenvalue weighted by atomic mass is 9.98. The molecule has 0 aliphatic carbocycles. The van der Waals surface area contributed by atoms with E-state index >= 15 is 0 Å². The van der Waals surface area contributed by atoms with Crippen molar-refractivity contribution in [1.82, 2.24) is 5.32 Å². The van der Waals surface area contributed by atoms with Gasteiger partial charge in [0, 0.05) is 6.54 Å². The number of sulfone groups is 1. The SMILES string of the molecule is CCC1CNC(c2ccccc2)c2ccc(O[C@@H]3O[C@H](C(=O)O)[C@@H](O)[C@H](O)[C@H]3O)cc2S1(=O)=O. The summed E-state index contributed by atoms with van der Waals surface area (Å²) in [5.74, 6) is -1.54. The summed E-state index contributed by atoms with van der Waals surface area (Å²) in [4.78, 5) is 11.4. The standard InChI is InChI=1S/C23H27NO9S/c1-2-14-11-24-17(12-6-4-3-5-7-12)15-9-8-13(10-16(15)34(14,30)31)32-23-20(27)18(25)19(26)21(33-23)22(28)29/h3-10,14,17-21,23-27H,2,11H2,1H3,(H,28,29)/t14?,17?,18-,19-,20+,21-,23+/m0/s1. The number of hydrogen-bond donors (Lipinski definition) is 5. The number of aliphatic hydroxyl groups excluding tert-OH is 3. The fourth-order valence-electron chi connectivity index (χ4n) is 4.31. The number of carbonyl (C=O) groups is 1. The number of carboxylic acids is 1. The molecule has 0 aromatic heterocycles. The number of fused-ring (bicyclic) bond motifs is 1. The lowest BCUT2D eigenvalue weighted by Gasteiger charge is -2.38. The van der Waals surface area contributed by atoms with Crippen molar-refractivity contribution in [2.75, 3.05) is 6.54 Å². The maximum atomic E-state index is 13.5. The molecule has 11 heteroatoms. The summed E-state index contributed by atoms with van der Waals surface area (Å²) in [6, 6.07) is 13.4. The number of nitrogens with one attached hydrogen (secondary N) is 1. The highest BCUT2D eigenvalue weighted by atomic mass is 32.2. The molecule has 10 nitrogen and oxygen atoms in total. The van der Waals surface area contributed by atoms with Gasteiger partial charge < -0.3 is 35.2 Å². The molecule has 2 aliphatic rings. The predicted octanol–water partition coefficient (Wildman–Crippen LogP) is 0.203. The Morgan fingerprint density at radius 2 is 1.79 bits per heavy atom. The number of ether oxygens (including phenoxy) is 2. The molecule has 4 rings (SSSR count). The summed E-state index contributed by atoms with van der Waals surface area (Å²) in [5.41, 5.74) is 1.41. The predicted molar refractivity (Wildman–Crippen MR) is 119 cm³/mol. The molecule has 2 unspecified atom stereocenters. The van der Waals surface area contributed by atoms with Gasteiger partial charge in [-0.15, -0.1) is 0 Å². The quantitative estimate of drug-likeness (QED) is 0.389. The first kappa shape index (κ1) is 24.6. The van der Waals surface area contributed by atoms with Gasteiger partial charge in [0.25, 0.3) is 0 Å². The Bertz CT molecular complexity index is 1140. The minimum atomic E-state index is -3.76. The zero-order valence-electron chi connectivity index (χ0n) is 18.3. The molecule has 184 valence electrons. The molecule has 0 amide bonds. The molecule has 34 heavy (non-hydrogen) atoms. The second-order valence-corrected chi connectivity index (χ2v) is 10.6. The summed E-state index contributed by atoms with van der Waals surface area (Å²) < 4.78 is 37.6. The van der Waals surface area contributed by atoms with Gasteiger partial charge in [0.2, 0.25) is 6.29 Å². The molecule has 7 atom stereocenters. The van der Waals surface area contributed by atoms with E-state index in [-0.39, 0.29) is 23.2 Å². The van der Waals surface area contributed by atoms with E-state index in [1.807, 2.05) is 30.3 Å². The number of aliphatic hydroxyl groups is 3. The van der Waals surface area contributed by atoms with Crippen LogP contribution in [0.2, 0.25) is 0 Å². The number of hydrogen-bond acceptors (Lipinski definition) is 9. The van der Waals surface area contributed by atoms with Crippen LogP contribution in [0.15, 0.2) is 53.4 Å². The first-order chi connectivity index (χ1) is 16.1. The number of benzene rings is 2. The number of rotatable bonds is 5. The minimum absolute atomic E-state index is 0.00247. The summed E-state index contributed by atoms with van der Waals surface area (Å²) in [7, 11) is -3.76. The molecule has 0 bridgehead atoms. The van der Waals surface area contributed by atoms with Crippen molar-refractivity contribution in [2.24, 2.45) is 0 Å². The molecule has 0 radical (unpaired) electrons. The zero-order chi connectivity index (χ0) is 24.6. The number of aliphatic carboxylic acids is 1. The molecule has 2 aliphatic heterocycles. The number of carboxylic acid groups (broad SMARTS) is 1. The normalized spacial score (nSPS) is 32.9. The average molecular weight is 494 g/mol. The van der Waals surface area contributed by atoms with Crippen molar-refractivity contribution in [3.05, 3.63) is 59.7 Å². The van der Waals surface area contributed by atoms with Crippen molar-refractivity contribution < 1.29 is 43.1 Å². The molecule has 0 spiro atoms. The second-order valence-electron chi connectivity index (χ2n) is 8.38. The zero-order valence-corrected chi connectivity index (χ0v) is 19.1. The van der Waals surface area contributed by atoms with E-state index in [1.54, 1.807) is 13.0 Å². The van der Waals surface area contributed by atoms with Crippen molar-refractivity contribution >= 4 is 15.8 Å². The van der Waals surface area contributed by atoms with Gasteiger partial charge in [0.1, 0.15) is 24.1 Å². The second kappa shape index (κ2) is 9.61. The van der Waals surface area contributed by atoms with E-state index in [0.717, 1.165) is 5.56 Å². The monoisotopic (exact) mass is 493 g/mol. The van der Waals surface area contributed by atoms with Crippen LogP contribution in [0.25, 0.3) is 0 Å². The maximum Gasteiger partial charge on any atom is 0.335 e. The van der Waals surface area contributed by atoms with E-state index in [9.17, 15) is 33.6 Å². The summed E-state index contributed by atoms with van der Waals surface area (Å²) in [6.45, 7) is 2.04. The van der Waals surface area contributed by atoms with E-state index in [0.29, 0.717) is 12.0 Å². The summed E-state index contributed by atoms with van der Waals surface area (Å²) in [6.07, 6.45) is -8.54. The average Bonchev–Trinajstić information content (AvgIpc) is 2.93. The summed E-state index contributed by atoms with van der Waals surface area (Å²) >= 11 is 0. The van der Waals surface area contributed by atoms with Crippen molar-refractivity contribution in [3.8, 4) is 5.75 Å². The highest BCUT2D eigenvalue weighted by molar-refractivity contribution is 7.92. The first-order valence-electron chi connectivity index (χ1n) is 10.9. The molecule has 2 aromatic carbocycles. The van der Waals surface area contributed by atoms with Gasteiger partial charge >= 0.3 is 5.97 Å². The van der Waals surface area contributed by atoms with Gasteiger partial charge in [-0.2, -0.15) is 0 Å². The molecular weight excluding hydrogens is 466 g/mol. The first-order valence-corrected chi connectivity index (χ1v) is 12.4. The summed E-state index contributed by atoms with van der Waals surface area (Å²) in [5, 5.41) is 42.0. The Morgan fingerprint density at radius 3 is 2.44 bits per heavy atom. The van der Waals surface area contributed by atoms with Crippen molar-refractivity contribution in [3.63, 3.8) is 0 Å². The van der Waals surface area contributed by atoms with Crippen LogP contribution in [0.3, 0.4) is 0 Å². The highest BCUT2D eigenvalue weighted by Crippen LogP contribution is 2.36. The Balaban J connectivity index is 1.72.